The lowest BCUT2D eigenvalue weighted by atomic mass is 9.47. The Morgan fingerprint density at radius 2 is 1.89 bits per heavy atom. The fourth-order valence-electron chi connectivity index (χ4n) is 4.29. The Morgan fingerprint density at radius 1 is 1.17 bits per heavy atom. The van der Waals surface area contributed by atoms with Crippen molar-refractivity contribution in [2.45, 2.75) is 45.7 Å². The summed E-state index contributed by atoms with van der Waals surface area (Å²) < 4.78 is 0. The second-order valence-corrected chi connectivity index (χ2v) is 6.91. The third kappa shape index (κ3) is 1.89. The van der Waals surface area contributed by atoms with Gasteiger partial charge in [0, 0.05) is 12.6 Å². The van der Waals surface area contributed by atoms with Crippen LogP contribution in [-0.2, 0) is 6.54 Å². The maximum absolute atomic E-state index is 2.59. The molecule has 98 valence electrons. The molecule has 3 aliphatic rings. The van der Waals surface area contributed by atoms with Crippen molar-refractivity contribution in [2.24, 2.45) is 17.3 Å². The van der Waals surface area contributed by atoms with Gasteiger partial charge in [-0.1, -0.05) is 44.2 Å². The van der Waals surface area contributed by atoms with Gasteiger partial charge in [0.25, 0.3) is 0 Å². The molecule has 0 spiro atoms. The molecule has 1 heteroatoms. The lowest BCUT2D eigenvalue weighted by molar-refractivity contribution is -0.116. The first-order valence-electron chi connectivity index (χ1n) is 7.33. The van der Waals surface area contributed by atoms with Gasteiger partial charge in [0.05, 0.1) is 0 Å². The monoisotopic (exact) mass is 243 g/mol. The number of hydrogen-bond acceptors (Lipinski definition) is 1. The van der Waals surface area contributed by atoms with E-state index < -0.39 is 0 Å². The van der Waals surface area contributed by atoms with E-state index in [9.17, 15) is 0 Å². The van der Waals surface area contributed by atoms with Crippen molar-refractivity contribution in [3.05, 3.63) is 35.9 Å². The van der Waals surface area contributed by atoms with Gasteiger partial charge in [-0.3, -0.25) is 4.90 Å². The van der Waals surface area contributed by atoms with Crippen molar-refractivity contribution >= 4 is 0 Å². The molecule has 0 saturated heterocycles. The first kappa shape index (κ1) is 12.2. The van der Waals surface area contributed by atoms with Gasteiger partial charge in [-0.15, -0.1) is 0 Å². The molecule has 3 atom stereocenters. The predicted octanol–water partition coefficient (Wildman–Crippen LogP) is 3.94. The van der Waals surface area contributed by atoms with Crippen LogP contribution in [0.15, 0.2) is 30.3 Å². The minimum absolute atomic E-state index is 0.591. The van der Waals surface area contributed by atoms with Crippen LogP contribution >= 0.6 is 0 Å². The molecule has 3 fully saturated rings. The number of hydrogen-bond donors (Lipinski definition) is 0. The highest BCUT2D eigenvalue weighted by molar-refractivity contribution is 5.15. The van der Waals surface area contributed by atoms with E-state index in [1.165, 1.54) is 24.8 Å². The highest BCUT2D eigenvalue weighted by atomic mass is 15.1. The van der Waals surface area contributed by atoms with E-state index in [0.717, 1.165) is 24.4 Å². The summed E-state index contributed by atoms with van der Waals surface area (Å²) in [4.78, 5) is 2.59. The molecule has 0 N–H and O–H groups in total. The molecule has 0 amide bonds. The first-order valence-corrected chi connectivity index (χ1v) is 7.33. The zero-order valence-corrected chi connectivity index (χ0v) is 11.9. The van der Waals surface area contributed by atoms with E-state index >= 15 is 0 Å². The molecule has 0 heterocycles. The SMILES string of the molecule is CN(Cc1ccccc1)[C@H]1CC[C@H]2C[C@@H]1C2(C)C. The summed E-state index contributed by atoms with van der Waals surface area (Å²) in [5.74, 6) is 1.92. The van der Waals surface area contributed by atoms with Gasteiger partial charge in [-0.25, -0.2) is 0 Å². The summed E-state index contributed by atoms with van der Waals surface area (Å²) in [5, 5.41) is 0. The van der Waals surface area contributed by atoms with Gasteiger partial charge in [-0.2, -0.15) is 0 Å². The van der Waals surface area contributed by atoms with Crippen LogP contribution in [0.25, 0.3) is 0 Å². The Bertz CT molecular complexity index is 407. The molecule has 4 rings (SSSR count). The van der Waals surface area contributed by atoms with Gasteiger partial charge in [0.15, 0.2) is 0 Å². The fraction of sp³-hybridized carbons (Fsp3) is 0.647. The predicted molar refractivity (Wildman–Crippen MR) is 76.3 cm³/mol. The van der Waals surface area contributed by atoms with Crippen LogP contribution in [0.5, 0.6) is 0 Å². The maximum atomic E-state index is 2.59. The topological polar surface area (TPSA) is 3.24 Å². The van der Waals surface area contributed by atoms with E-state index in [2.05, 4.69) is 56.1 Å². The summed E-state index contributed by atoms with van der Waals surface area (Å²) in [6.07, 6.45) is 4.31. The molecule has 0 aliphatic heterocycles. The second kappa shape index (κ2) is 4.38. The first-order chi connectivity index (χ1) is 8.59. The van der Waals surface area contributed by atoms with Crippen LogP contribution in [0, 0.1) is 17.3 Å². The van der Waals surface area contributed by atoms with E-state index in [1.807, 2.05) is 0 Å². The summed E-state index contributed by atoms with van der Waals surface area (Å²) in [7, 11) is 2.31. The Kier molecular flexibility index (Phi) is 2.97. The van der Waals surface area contributed by atoms with Crippen molar-refractivity contribution in [2.75, 3.05) is 7.05 Å². The van der Waals surface area contributed by atoms with Gasteiger partial charge >= 0.3 is 0 Å². The van der Waals surface area contributed by atoms with Crippen molar-refractivity contribution in [1.82, 2.24) is 4.90 Å². The minimum atomic E-state index is 0.591. The van der Waals surface area contributed by atoms with Crippen LogP contribution in [0.2, 0.25) is 0 Å². The Labute approximate surface area is 111 Å². The second-order valence-electron chi connectivity index (χ2n) is 6.91. The van der Waals surface area contributed by atoms with Crippen LogP contribution in [0.4, 0.5) is 0 Å². The molecule has 2 bridgehead atoms. The standard InChI is InChI=1S/C17H25N/c1-17(2)14-9-10-16(15(17)11-14)18(3)12-13-7-5-4-6-8-13/h4-8,14-16H,9-12H2,1-3H3/t14-,15-,16-/m0/s1. The van der Waals surface area contributed by atoms with E-state index in [-0.39, 0.29) is 0 Å². The van der Waals surface area contributed by atoms with E-state index in [0.29, 0.717) is 5.41 Å². The van der Waals surface area contributed by atoms with Crippen molar-refractivity contribution in [3.63, 3.8) is 0 Å². The number of nitrogens with zero attached hydrogens (tertiary/aromatic N) is 1. The van der Waals surface area contributed by atoms with Crippen molar-refractivity contribution in [3.8, 4) is 0 Å². The minimum Gasteiger partial charge on any atom is -0.299 e. The smallest absolute Gasteiger partial charge is 0.0233 e. The fourth-order valence-corrected chi connectivity index (χ4v) is 4.29. The van der Waals surface area contributed by atoms with Gasteiger partial charge < -0.3 is 0 Å². The molecular formula is C17H25N. The summed E-state index contributed by atoms with van der Waals surface area (Å²) in [6, 6.07) is 11.7. The van der Waals surface area contributed by atoms with Gasteiger partial charge in [-0.05, 0) is 49.1 Å². The van der Waals surface area contributed by atoms with E-state index in [4.69, 9.17) is 0 Å². The van der Waals surface area contributed by atoms with Gasteiger partial charge in [0.2, 0.25) is 0 Å². The van der Waals surface area contributed by atoms with Gasteiger partial charge in [0.1, 0.15) is 0 Å². The summed E-state index contributed by atoms with van der Waals surface area (Å²) in [5.41, 5.74) is 2.03. The average Bonchev–Trinajstić information content (AvgIpc) is 2.39. The van der Waals surface area contributed by atoms with Crippen LogP contribution in [0.1, 0.15) is 38.7 Å². The number of fused-ring (bicyclic) bond motifs is 2. The molecule has 0 radical (unpaired) electrons. The Balaban J connectivity index is 1.68. The Hall–Kier alpha value is -0.820. The van der Waals surface area contributed by atoms with Crippen molar-refractivity contribution in [1.29, 1.82) is 0 Å². The molecule has 1 aromatic rings. The highest BCUT2D eigenvalue weighted by Gasteiger charge is 2.54. The molecular weight excluding hydrogens is 218 g/mol. The zero-order valence-electron chi connectivity index (χ0n) is 11.9. The van der Waals surface area contributed by atoms with Crippen LogP contribution < -0.4 is 0 Å². The normalized spacial score (nSPS) is 33.2. The molecule has 0 unspecified atom stereocenters. The maximum Gasteiger partial charge on any atom is 0.0233 e. The van der Waals surface area contributed by atoms with Crippen molar-refractivity contribution < 1.29 is 0 Å². The third-order valence-corrected chi connectivity index (χ3v) is 5.66. The largest absolute Gasteiger partial charge is 0.299 e. The molecule has 1 nitrogen and oxygen atoms in total. The Morgan fingerprint density at radius 3 is 2.50 bits per heavy atom. The number of benzene rings is 1. The van der Waals surface area contributed by atoms with E-state index in [1.54, 1.807) is 0 Å². The number of rotatable bonds is 3. The van der Waals surface area contributed by atoms with Crippen LogP contribution in [-0.4, -0.2) is 18.0 Å². The quantitative estimate of drug-likeness (QED) is 0.777. The summed E-state index contributed by atoms with van der Waals surface area (Å²) >= 11 is 0. The zero-order chi connectivity index (χ0) is 12.8. The lowest BCUT2D eigenvalue weighted by Gasteiger charge is -2.61. The third-order valence-electron chi connectivity index (χ3n) is 5.66. The average molecular weight is 243 g/mol. The molecule has 3 aliphatic carbocycles. The lowest BCUT2D eigenvalue weighted by Crippen LogP contribution is -2.58. The molecule has 3 saturated carbocycles. The molecule has 0 aromatic heterocycles. The highest BCUT2D eigenvalue weighted by Crippen LogP contribution is 2.60. The molecule has 1 aromatic carbocycles. The summed E-state index contributed by atoms with van der Waals surface area (Å²) in [6.45, 7) is 6.06. The van der Waals surface area contributed by atoms with Crippen LogP contribution in [0.3, 0.4) is 0 Å². The molecule has 18 heavy (non-hydrogen) atoms.